The zero-order valence-corrected chi connectivity index (χ0v) is 15.4. The molecule has 0 saturated heterocycles. The molecule has 0 spiro atoms. The first-order valence-corrected chi connectivity index (χ1v) is 8.68. The zero-order valence-electron chi connectivity index (χ0n) is 13.1. The highest BCUT2D eigenvalue weighted by atomic mass is 79.9. The first-order chi connectivity index (χ1) is 11.8. The van der Waals surface area contributed by atoms with Crippen molar-refractivity contribution in [2.45, 2.75) is 19.8 Å². The Morgan fingerprint density at radius 2 is 2.16 bits per heavy atom. The van der Waals surface area contributed by atoms with Crippen molar-refractivity contribution in [2.75, 3.05) is 10.6 Å². The van der Waals surface area contributed by atoms with E-state index in [0.717, 1.165) is 13.0 Å². The summed E-state index contributed by atoms with van der Waals surface area (Å²) in [5, 5.41) is 13.2. The van der Waals surface area contributed by atoms with Gasteiger partial charge in [0, 0.05) is 24.2 Å². The van der Waals surface area contributed by atoms with Gasteiger partial charge in [0.25, 0.3) is 0 Å². The molecule has 1 aromatic heterocycles. The molecule has 0 fully saturated rings. The monoisotopic (exact) mass is 433 g/mol. The van der Waals surface area contributed by atoms with Crippen LogP contribution in [-0.4, -0.2) is 22.3 Å². The van der Waals surface area contributed by atoms with Gasteiger partial charge < -0.3 is 14.3 Å². The van der Waals surface area contributed by atoms with Gasteiger partial charge in [-0.1, -0.05) is 27.5 Å². The van der Waals surface area contributed by atoms with Gasteiger partial charge >= 0.3 is 5.97 Å². The molecule has 1 amide bonds. The molecule has 0 aliphatic rings. The summed E-state index contributed by atoms with van der Waals surface area (Å²) >= 11 is 8.84. The van der Waals surface area contributed by atoms with Crippen molar-refractivity contribution in [3.8, 4) is 22.8 Å². The van der Waals surface area contributed by atoms with E-state index < -0.39 is 23.4 Å². The maximum atomic E-state index is 13.6. The quantitative estimate of drug-likeness (QED) is 0.517. The van der Waals surface area contributed by atoms with Gasteiger partial charge in [-0.15, -0.1) is 0 Å². The number of esters is 1. The maximum Gasteiger partial charge on any atom is 0.308 e. The van der Waals surface area contributed by atoms with Crippen LogP contribution in [0.3, 0.4) is 0 Å². The molecule has 1 heterocycles. The van der Waals surface area contributed by atoms with Crippen molar-refractivity contribution >= 4 is 45.3 Å². The number of furan rings is 1. The molecule has 2 N–H and O–H groups in total. The van der Waals surface area contributed by atoms with Crippen molar-refractivity contribution in [1.29, 1.82) is 0 Å². The minimum absolute atomic E-state index is 0.0988. The van der Waals surface area contributed by atoms with Crippen LogP contribution in [0.5, 0.6) is 11.5 Å². The Morgan fingerprint density at radius 1 is 1.44 bits per heavy atom. The molecule has 6 nitrogen and oxygen atoms in total. The fourth-order valence-corrected chi connectivity index (χ4v) is 2.38. The van der Waals surface area contributed by atoms with E-state index in [1.807, 2.05) is 0 Å². The summed E-state index contributed by atoms with van der Waals surface area (Å²) in [6.07, 6.45) is 0.772. The Balaban J connectivity index is 2.42. The number of hydrogen-bond donors (Lipinski definition) is 2. The molecule has 134 valence electrons. The second-order valence-electron chi connectivity index (χ2n) is 5.00. The number of carbonyl (C=O) groups is 2. The minimum atomic E-state index is -0.721. The predicted octanol–water partition coefficient (Wildman–Crippen LogP) is 4.48. The molecule has 2 rings (SSSR count). The largest absolute Gasteiger partial charge is 0.502 e. The summed E-state index contributed by atoms with van der Waals surface area (Å²) in [5.41, 5.74) is 0.161. The number of halogens is 3. The smallest absolute Gasteiger partial charge is 0.308 e. The van der Waals surface area contributed by atoms with E-state index in [9.17, 15) is 19.1 Å². The van der Waals surface area contributed by atoms with Crippen LogP contribution in [0.2, 0.25) is 5.02 Å². The minimum Gasteiger partial charge on any atom is -0.502 e. The third-order valence-electron chi connectivity index (χ3n) is 3.06. The fraction of sp³-hybridized carbons (Fsp3) is 0.250. The molecule has 2 aromatic rings. The van der Waals surface area contributed by atoms with Crippen molar-refractivity contribution < 1.29 is 28.2 Å². The number of aromatic hydroxyl groups is 1. The number of hydrogen-bond acceptors (Lipinski definition) is 5. The van der Waals surface area contributed by atoms with Gasteiger partial charge in [-0.05, 0) is 24.6 Å². The number of rotatable bonds is 6. The lowest BCUT2D eigenvalue weighted by Gasteiger charge is -2.04. The van der Waals surface area contributed by atoms with Crippen LogP contribution < -0.4 is 10.1 Å². The number of anilines is 1. The first-order valence-electron chi connectivity index (χ1n) is 7.19. The van der Waals surface area contributed by atoms with Crippen LogP contribution in [0.15, 0.2) is 22.6 Å². The van der Waals surface area contributed by atoms with Crippen molar-refractivity contribution in [1.82, 2.24) is 0 Å². The summed E-state index contributed by atoms with van der Waals surface area (Å²) in [4.78, 5) is 23.1. The Morgan fingerprint density at radius 3 is 2.76 bits per heavy atom. The molecule has 0 aliphatic carbocycles. The molecule has 25 heavy (non-hydrogen) atoms. The molecule has 0 saturated carbocycles. The van der Waals surface area contributed by atoms with Gasteiger partial charge in [0.15, 0.2) is 5.76 Å². The number of ether oxygens (including phenoxy) is 1. The third-order valence-corrected chi connectivity index (χ3v) is 3.93. The van der Waals surface area contributed by atoms with Crippen LogP contribution in [-0.2, 0) is 9.59 Å². The third kappa shape index (κ3) is 4.73. The molecule has 0 bridgehead atoms. The van der Waals surface area contributed by atoms with Crippen LogP contribution in [0.25, 0.3) is 11.3 Å². The van der Waals surface area contributed by atoms with Crippen LogP contribution >= 0.6 is 27.5 Å². The summed E-state index contributed by atoms with van der Waals surface area (Å²) in [6, 6.07) is 3.75. The van der Waals surface area contributed by atoms with Crippen LogP contribution in [0, 0.1) is 5.82 Å². The lowest BCUT2D eigenvalue weighted by atomic mass is 10.1. The van der Waals surface area contributed by atoms with Crippen LogP contribution in [0.1, 0.15) is 19.8 Å². The molecule has 0 aliphatic heterocycles. The topological polar surface area (TPSA) is 88.8 Å². The Labute approximate surface area is 156 Å². The number of alkyl halides is 1. The first kappa shape index (κ1) is 19.3. The van der Waals surface area contributed by atoms with E-state index >= 15 is 0 Å². The average molecular weight is 435 g/mol. The number of carbonyl (C=O) groups excluding carboxylic acids is 2. The van der Waals surface area contributed by atoms with Gasteiger partial charge in [0.05, 0.1) is 5.02 Å². The highest BCUT2D eigenvalue weighted by Gasteiger charge is 2.26. The highest BCUT2D eigenvalue weighted by molar-refractivity contribution is 9.09. The lowest BCUT2D eigenvalue weighted by molar-refractivity contribution is -0.132. The molecule has 0 unspecified atom stereocenters. The van der Waals surface area contributed by atoms with E-state index in [0.29, 0.717) is 11.8 Å². The summed E-state index contributed by atoms with van der Waals surface area (Å²) < 4.78 is 24.0. The maximum absolute atomic E-state index is 13.6. The summed E-state index contributed by atoms with van der Waals surface area (Å²) in [7, 11) is 0. The lowest BCUT2D eigenvalue weighted by Crippen LogP contribution is -2.12. The number of amides is 1. The average Bonchev–Trinajstić information content (AvgIpc) is 2.84. The van der Waals surface area contributed by atoms with E-state index in [1.54, 1.807) is 0 Å². The SMILES string of the molecule is CC(=O)Oc1c(NC(=O)CCCBr)oc(-c2ccc(Cl)c(F)c2)c1O. The second-order valence-corrected chi connectivity index (χ2v) is 6.20. The van der Waals surface area contributed by atoms with E-state index in [4.69, 9.17) is 20.8 Å². The number of nitrogens with one attached hydrogen (secondary N) is 1. The highest BCUT2D eigenvalue weighted by Crippen LogP contribution is 2.46. The standard InChI is InChI=1S/C16H14BrClFNO5/c1-8(21)24-15-13(23)14(9-4-5-10(18)11(19)7-9)25-16(15)20-12(22)3-2-6-17/h4-5,7,23H,2-3,6H2,1H3,(H,20,22). The van der Waals surface area contributed by atoms with E-state index in [1.165, 1.54) is 12.1 Å². The Bertz CT molecular complexity index is 808. The van der Waals surface area contributed by atoms with Gasteiger partial charge in [0.2, 0.25) is 23.3 Å². The van der Waals surface area contributed by atoms with E-state index in [2.05, 4.69) is 21.2 Å². The normalized spacial score (nSPS) is 10.6. The van der Waals surface area contributed by atoms with Gasteiger partial charge in [0.1, 0.15) is 5.82 Å². The van der Waals surface area contributed by atoms with Gasteiger partial charge in [-0.3, -0.25) is 14.9 Å². The molecule has 1 aromatic carbocycles. The molecule has 0 atom stereocenters. The van der Waals surface area contributed by atoms with Gasteiger partial charge in [-0.25, -0.2) is 4.39 Å². The van der Waals surface area contributed by atoms with Crippen molar-refractivity contribution in [2.24, 2.45) is 0 Å². The number of benzene rings is 1. The molecule has 9 heteroatoms. The Kier molecular flexibility index (Phi) is 6.44. The molecular weight excluding hydrogens is 421 g/mol. The summed E-state index contributed by atoms with van der Waals surface area (Å²) in [5.74, 6) is -3.11. The predicted molar refractivity (Wildman–Crippen MR) is 93.7 cm³/mol. The second kappa shape index (κ2) is 8.35. The van der Waals surface area contributed by atoms with Crippen LogP contribution in [0.4, 0.5) is 10.3 Å². The zero-order chi connectivity index (χ0) is 18.6. The summed E-state index contributed by atoms with van der Waals surface area (Å²) in [6.45, 7) is 1.13. The van der Waals surface area contributed by atoms with E-state index in [-0.39, 0.29) is 34.4 Å². The Hall–Kier alpha value is -2.06. The van der Waals surface area contributed by atoms with Crippen molar-refractivity contribution in [3.63, 3.8) is 0 Å². The van der Waals surface area contributed by atoms with Gasteiger partial charge in [-0.2, -0.15) is 0 Å². The molecular formula is C16H14BrClFNO5. The van der Waals surface area contributed by atoms with Crippen molar-refractivity contribution in [3.05, 3.63) is 29.0 Å². The molecule has 0 radical (unpaired) electrons. The fourth-order valence-electron chi connectivity index (χ4n) is 1.98.